The van der Waals surface area contributed by atoms with E-state index in [0.717, 1.165) is 18.5 Å². The third-order valence-corrected chi connectivity index (χ3v) is 3.84. The van der Waals surface area contributed by atoms with Crippen molar-refractivity contribution in [3.63, 3.8) is 0 Å². The first-order chi connectivity index (χ1) is 8.70. The van der Waals surface area contributed by atoms with Crippen LogP contribution in [0.2, 0.25) is 0 Å². The molecule has 1 aliphatic rings. The molecular formula is C11H14ClN3O2S. The summed E-state index contributed by atoms with van der Waals surface area (Å²) in [5.41, 5.74) is 0.780. The number of anilines is 1. The number of aryl methyl sites for hydroxylation is 1. The molecule has 0 aliphatic carbocycles. The van der Waals surface area contributed by atoms with Crippen LogP contribution in [0.25, 0.3) is 0 Å². The minimum atomic E-state index is -0.111. The number of carbonyl (C=O) groups excluding carboxylic acids is 2. The molecule has 7 heteroatoms. The summed E-state index contributed by atoms with van der Waals surface area (Å²) in [5, 5.41) is 6.00. The number of aromatic nitrogens is 1. The smallest absolute Gasteiger partial charge is 0.263 e. The average molecular weight is 288 g/mol. The van der Waals surface area contributed by atoms with Gasteiger partial charge in [-0.1, -0.05) is 11.3 Å². The highest BCUT2D eigenvalue weighted by Crippen LogP contribution is 2.25. The van der Waals surface area contributed by atoms with Gasteiger partial charge in [-0.2, -0.15) is 0 Å². The van der Waals surface area contributed by atoms with Crippen molar-refractivity contribution in [3.8, 4) is 0 Å². The Kier molecular flexibility index (Phi) is 4.54. The third-order valence-electron chi connectivity index (χ3n) is 2.56. The molecule has 98 valence electrons. The Morgan fingerprint density at radius 2 is 2.39 bits per heavy atom. The van der Waals surface area contributed by atoms with Crippen molar-refractivity contribution < 1.29 is 9.59 Å². The van der Waals surface area contributed by atoms with Crippen molar-refractivity contribution in [2.24, 2.45) is 0 Å². The maximum Gasteiger partial charge on any atom is 0.263 e. The monoisotopic (exact) mass is 287 g/mol. The second kappa shape index (κ2) is 6.15. The predicted molar refractivity (Wildman–Crippen MR) is 71.4 cm³/mol. The van der Waals surface area contributed by atoms with Gasteiger partial charge in [0.2, 0.25) is 5.91 Å². The fourth-order valence-electron chi connectivity index (χ4n) is 1.70. The van der Waals surface area contributed by atoms with Gasteiger partial charge in [-0.25, -0.2) is 4.98 Å². The molecule has 5 nitrogen and oxygen atoms in total. The molecule has 0 saturated carbocycles. The second-order valence-corrected chi connectivity index (χ2v) is 5.37. The van der Waals surface area contributed by atoms with Crippen LogP contribution >= 0.6 is 22.9 Å². The van der Waals surface area contributed by atoms with Gasteiger partial charge in [-0.15, -0.1) is 11.6 Å². The minimum Gasteiger partial charge on any atom is -0.351 e. The lowest BCUT2D eigenvalue weighted by molar-refractivity contribution is -0.116. The Morgan fingerprint density at radius 3 is 3.17 bits per heavy atom. The third kappa shape index (κ3) is 3.20. The van der Waals surface area contributed by atoms with E-state index in [0.29, 0.717) is 35.3 Å². The van der Waals surface area contributed by atoms with Crippen LogP contribution in [-0.2, 0) is 11.2 Å². The topological polar surface area (TPSA) is 71.1 Å². The number of hydrogen-bond acceptors (Lipinski definition) is 4. The molecule has 0 aromatic carbocycles. The Labute approximate surface area is 114 Å². The van der Waals surface area contributed by atoms with E-state index in [4.69, 9.17) is 11.6 Å². The van der Waals surface area contributed by atoms with Crippen LogP contribution in [-0.4, -0.2) is 29.2 Å². The highest BCUT2D eigenvalue weighted by molar-refractivity contribution is 7.17. The Bertz CT molecular complexity index is 461. The van der Waals surface area contributed by atoms with Gasteiger partial charge in [0.05, 0.1) is 5.69 Å². The number of halogens is 1. The lowest BCUT2D eigenvalue weighted by atomic mass is 10.2. The Hall–Kier alpha value is -1.14. The van der Waals surface area contributed by atoms with Gasteiger partial charge in [0.25, 0.3) is 5.91 Å². The van der Waals surface area contributed by atoms with E-state index in [1.54, 1.807) is 0 Å². The van der Waals surface area contributed by atoms with Crippen molar-refractivity contribution in [2.45, 2.75) is 25.7 Å². The number of alkyl halides is 1. The molecule has 2 amide bonds. The van der Waals surface area contributed by atoms with Gasteiger partial charge in [0, 0.05) is 18.8 Å². The quantitative estimate of drug-likeness (QED) is 0.829. The number of rotatable bonds is 4. The summed E-state index contributed by atoms with van der Waals surface area (Å²) < 4.78 is 0. The summed E-state index contributed by atoms with van der Waals surface area (Å²) in [6.07, 6.45) is 2.66. The molecule has 1 aliphatic heterocycles. The largest absolute Gasteiger partial charge is 0.351 e. The number of nitrogens with zero attached hydrogens (tertiary/aromatic N) is 1. The first-order valence-electron chi connectivity index (χ1n) is 5.84. The van der Waals surface area contributed by atoms with Gasteiger partial charge in [-0.3, -0.25) is 9.59 Å². The summed E-state index contributed by atoms with van der Waals surface area (Å²) in [6.45, 7) is 0.680. The Morgan fingerprint density at radius 1 is 1.56 bits per heavy atom. The van der Waals surface area contributed by atoms with E-state index >= 15 is 0 Å². The number of hydrogen-bond donors (Lipinski definition) is 2. The lowest BCUT2D eigenvalue weighted by Gasteiger charge is -2.00. The second-order valence-electron chi connectivity index (χ2n) is 4.00. The molecule has 0 atom stereocenters. The van der Waals surface area contributed by atoms with E-state index in [1.807, 2.05) is 0 Å². The van der Waals surface area contributed by atoms with Crippen LogP contribution in [0.3, 0.4) is 0 Å². The van der Waals surface area contributed by atoms with E-state index in [9.17, 15) is 9.59 Å². The summed E-state index contributed by atoms with van der Waals surface area (Å²) in [5.74, 6) is 0.255. The number of thiazole rings is 1. The normalized spacial score (nSPS) is 14.6. The van der Waals surface area contributed by atoms with Crippen molar-refractivity contribution in [1.29, 1.82) is 0 Å². The summed E-state index contributed by atoms with van der Waals surface area (Å²) in [6, 6.07) is 0. The van der Waals surface area contributed by atoms with Gasteiger partial charge in [0.1, 0.15) is 4.88 Å². The van der Waals surface area contributed by atoms with Crippen LogP contribution in [0.1, 0.15) is 34.6 Å². The van der Waals surface area contributed by atoms with Crippen molar-refractivity contribution in [2.75, 3.05) is 17.7 Å². The lowest BCUT2D eigenvalue weighted by Crippen LogP contribution is -2.21. The van der Waals surface area contributed by atoms with Crippen LogP contribution < -0.4 is 10.6 Å². The average Bonchev–Trinajstić information content (AvgIpc) is 2.67. The zero-order valence-electron chi connectivity index (χ0n) is 9.79. The maximum atomic E-state index is 11.7. The van der Waals surface area contributed by atoms with Crippen molar-refractivity contribution in [1.82, 2.24) is 10.3 Å². The molecule has 2 heterocycles. The standard InChI is InChI=1S/C11H14ClN3O2S/c12-5-1-4-8(16)15-11-14-7-3-2-6-13-10(17)9(7)18-11/h1-6H2,(H,13,17)(H,14,15,16). The van der Waals surface area contributed by atoms with Crippen LogP contribution in [0.15, 0.2) is 0 Å². The fraction of sp³-hybridized carbons (Fsp3) is 0.545. The Balaban J connectivity index is 2.05. The molecular weight excluding hydrogens is 274 g/mol. The van der Waals surface area contributed by atoms with Crippen molar-refractivity contribution in [3.05, 3.63) is 10.6 Å². The summed E-state index contributed by atoms with van der Waals surface area (Å²) in [4.78, 5) is 28.1. The first kappa shape index (κ1) is 13.3. The van der Waals surface area contributed by atoms with Crippen molar-refractivity contribution >= 4 is 39.9 Å². The molecule has 0 unspecified atom stereocenters. The number of carbonyl (C=O) groups is 2. The zero-order valence-corrected chi connectivity index (χ0v) is 11.4. The fourth-order valence-corrected chi connectivity index (χ4v) is 2.78. The highest BCUT2D eigenvalue weighted by atomic mass is 35.5. The van der Waals surface area contributed by atoms with Gasteiger partial charge in [-0.05, 0) is 19.3 Å². The SMILES string of the molecule is O=C(CCCCl)Nc1nc2c(s1)C(=O)NCCC2. The molecule has 0 spiro atoms. The predicted octanol–water partition coefficient (Wildman–Crippen LogP) is 1.78. The number of fused-ring (bicyclic) bond motifs is 1. The van der Waals surface area contributed by atoms with E-state index < -0.39 is 0 Å². The van der Waals surface area contributed by atoms with E-state index in [-0.39, 0.29) is 11.8 Å². The number of amides is 2. The van der Waals surface area contributed by atoms with E-state index in [2.05, 4.69) is 15.6 Å². The molecule has 1 aromatic rings. The molecule has 0 fully saturated rings. The molecule has 0 radical (unpaired) electrons. The van der Waals surface area contributed by atoms with Gasteiger partial charge < -0.3 is 10.6 Å². The molecule has 1 aromatic heterocycles. The highest BCUT2D eigenvalue weighted by Gasteiger charge is 2.20. The zero-order chi connectivity index (χ0) is 13.0. The molecule has 18 heavy (non-hydrogen) atoms. The minimum absolute atomic E-state index is 0.0961. The van der Waals surface area contributed by atoms with Crippen LogP contribution in [0, 0.1) is 0 Å². The van der Waals surface area contributed by atoms with Gasteiger partial charge >= 0.3 is 0 Å². The maximum absolute atomic E-state index is 11.7. The summed E-state index contributed by atoms with van der Waals surface area (Å²) >= 11 is 6.75. The molecule has 0 saturated heterocycles. The van der Waals surface area contributed by atoms with Crippen LogP contribution in [0.5, 0.6) is 0 Å². The molecule has 2 N–H and O–H groups in total. The first-order valence-corrected chi connectivity index (χ1v) is 7.19. The van der Waals surface area contributed by atoms with Gasteiger partial charge in [0.15, 0.2) is 5.13 Å². The van der Waals surface area contributed by atoms with E-state index in [1.165, 1.54) is 11.3 Å². The van der Waals surface area contributed by atoms with Crippen LogP contribution in [0.4, 0.5) is 5.13 Å². The molecule has 0 bridgehead atoms. The molecule has 2 rings (SSSR count). The number of nitrogens with one attached hydrogen (secondary N) is 2. The summed E-state index contributed by atoms with van der Waals surface area (Å²) in [7, 11) is 0.